The molecule has 2 aromatic carbocycles. The quantitative estimate of drug-likeness (QED) is 0.0846. The topological polar surface area (TPSA) is 215 Å². The summed E-state index contributed by atoms with van der Waals surface area (Å²) in [6.07, 6.45) is 1.36. The molecule has 0 fully saturated rings. The smallest absolute Gasteiger partial charge is 0.360 e. The van der Waals surface area contributed by atoms with Crippen molar-refractivity contribution >= 4 is 29.6 Å². The minimum absolute atomic E-state index is 0.0772. The number of carboxylic acid groups (broad SMARTS) is 1. The lowest BCUT2D eigenvalue weighted by atomic mass is 10.1. The minimum Gasteiger partial charge on any atom is -0.497 e. The third-order valence-corrected chi connectivity index (χ3v) is 4.72. The number of hydrogen-bond donors (Lipinski definition) is 6. The predicted octanol–water partition coefficient (Wildman–Crippen LogP) is 1.93. The Bertz CT molecular complexity index is 1030. The summed E-state index contributed by atoms with van der Waals surface area (Å²) in [4.78, 5) is 33.9. The average Bonchev–Trinajstić information content (AvgIpc) is 2.90. The number of ether oxygens (including phenoxy) is 2. The van der Waals surface area contributed by atoms with Crippen LogP contribution in [-0.2, 0) is 20.7 Å². The van der Waals surface area contributed by atoms with E-state index in [-0.39, 0.29) is 12.4 Å². The molecule has 37 heavy (non-hydrogen) atoms. The zero-order valence-corrected chi connectivity index (χ0v) is 20.7. The monoisotopic (exact) mass is 515 g/mol. The van der Waals surface area contributed by atoms with E-state index in [1.807, 2.05) is 6.07 Å². The van der Waals surface area contributed by atoms with Crippen LogP contribution in [-0.4, -0.2) is 61.9 Å². The van der Waals surface area contributed by atoms with E-state index in [9.17, 15) is 19.5 Å². The van der Waals surface area contributed by atoms with Gasteiger partial charge in [-0.1, -0.05) is 35.4 Å². The number of nitrogens with two attached hydrogens (primary N) is 2. The van der Waals surface area contributed by atoms with E-state index in [0.717, 1.165) is 5.56 Å². The molecule has 8 N–H and O–H groups in total. The summed E-state index contributed by atoms with van der Waals surface area (Å²) in [5.74, 6) is -0.964. The van der Waals surface area contributed by atoms with Crippen LogP contribution >= 0.6 is 0 Å². The zero-order valence-electron chi connectivity index (χ0n) is 20.7. The van der Waals surface area contributed by atoms with Gasteiger partial charge < -0.3 is 36.7 Å². The van der Waals surface area contributed by atoms with Crippen molar-refractivity contribution in [2.75, 3.05) is 20.8 Å². The molecule has 2 amide bonds. The maximum Gasteiger partial charge on any atom is 0.360 e. The lowest BCUT2D eigenvalue weighted by molar-refractivity contribution is -0.142. The van der Waals surface area contributed by atoms with E-state index >= 15 is 0 Å². The van der Waals surface area contributed by atoms with Crippen LogP contribution in [0.15, 0.2) is 64.8 Å². The molecule has 0 spiro atoms. The maximum atomic E-state index is 11.8. The van der Waals surface area contributed by atoms with Gasteiger partial charge in [-0.15, -0.1) is 5.11 Å². The minimum atomic E-state index is -1.13. The molecule has 0 saturated heterocycles. The number of aliphatic carboxylic acids is 1. The van der Waals surface area contributed by atoms with E-state index in [4.69, 9.17) is 21.6 Å². The van der Waals surface area contributed by atoms with Crippen molar-refractivity contribution in [2.45, 2.75) is 31.3 Å². The van der Waals surface area contributed by atoms with Gasteiger partial charge in [0.25, 0.3) is 0 Å². The number of azo groups is 1. The van der Waals surface area contributed by atoms with Crippen LogP contribution in [0.4, 0.5) is 10.5 Å². The van der Waals surface area contributed by atoms with E-state index in [0.29, 0.717) is 30.8 Å². The number of amides is 2. The molecular weight excluding hydrogens is 482 g/mol. The van der Waals surface area contributed by atoms with Crippen molar-refractivity contribution in [2.24, 2.45) is 21.7 Å². The molecule has 2 rings (SSSR count). The fraction of sp³-hybridized carbons (Fsp3) is 0.333. The van der Waals surface area contributed by atoms with Gasteiger partial charge in [-0.3, -0.25) is 10.2 Å². The van der Waals surface area contributed by atoms with Crippen molar-refractivity contribution in [3.05, 3.63) is 60.2 Å². The van der Waals surface area contributed by atoms with Crippen molar-refractivity contribution in [3.8, 4) is 5.75 Å². The molecule has 2 atom stereocenters. The summed E-state index contributed by atoms with van der Waals surface area (Å²) in [5.41, 5.74) is 11.8. The Morgan fingerprint density at radius 2 is 1.73 bits per heavy atom. The fourth-order valence-electron chi connectivity index (χ4n) is 2.79. The molecule has 0 radical (unpaired) electrons. The summed E-state index contributed by atoms with van der Waals surface area (Å²) >= 11 is 0. The summed E-state index contributed by atoms with van der Waals surface area (Å²) in [6, 6.07) is 13.2. The number of benzene rings is 2. The number of carbonyl (C=O) groups is 3. The highest BCUT2D eigenvalue weighted by molar-refractivity contribution is 5.83. The molecule has 0 aromatic heterocycles. The average molecular weight is 516 g/mol. The second-order valence-electron chi connectivity index (χ2n) is 7.54. The van der Waals surface area contributed by atoms with Gasteiger partial charge in [0, 0.05) is 13.0 Å². The van der Waals surface area contributed by atoms with Gasteiger partial charge in [-0.25, -0.2) is 9.59 Å². The largest absolute Gasteiger partial charge is 0.497 e. The third kappa shape index (κ3) is 13.2. The molecule has 0 heterocycles. The molecule has 13 nitrogen and oxygen atoms in total. The van der Waals surface area contributed by atoms with Crippen LogP contribution in [0.3, 0.4) is 0 Å². The summed E-state index contributed by atoms with van der Waals surface area (Å²) < 4.78 is 9.45. The molecule has 0 aliphatic heterocycles. The van der Waals surface area contributed by atoms with Gasteiger partial charge in [0.15, 0.2) is 5.96 Å². The Kier molecular flexibility index (Phi) is 14.0. The number of hydrogen-bond acceptors (Lipinski definition) is 8. The molecule has 0 bridgehead atoms. The van der Waals surface area contributed by atoms with E-state index in [1.54, 1.807) is 55.6 Å². The molecule has 0 aliphatic rings. The SMILES string of the molecule is COC(=O)C(N)CCCNC(=N)N.COc1ccc(/N=N/C(=O)N[C@@H](Cc2ccccc2)C(=O)O)cc1. The first-order valence-corrected chi connectivity index (χ1v) is 11.2. The highest BCUT2D eigenvalue weighted by Gasteiger charge is 2.20. The molecule has 1 unspecified atom stereocenters. The van der Waals surface area contributed by atoms with Gasteiger partial charge >= 0.3 is 18.0 Å². The van der Waals surface area contributed by atoms with Crippen molar-refractivity contribution in [3.63, 3.8) is 0 Å². The fourth-order valence-corrected chi connectivity index (χ4v) is 2.79. The molecule has 0 saturated carbocycles. The van der Waals surface area contributed by atoms with Gasteiger partial charge in [-0.05, 0) is 42.7 Å². The number of methoxy groups -OCH3 is 2. The van der Waals surface area contributed by atoms with Crippen LogP contribution in [0.2, 0.25) is 0 Å². The Morgan fingerprint density at radius 1 is 1.08 bits per heavy atom. The van der Waals surface area contributed by atoms with Gasteiger partial charge in [0.05, 0.1) is 19.9 Å². The first-order chi connectivity index (χ1) is 17.7. The zero-order chi connectivity index (χ0) is 27.6. The number of carbonyl (C=O) groups excluding carboxylic acids is 2. The van der Waals surface area contributed by atoms with Crippen molar-refractivity contribution in [1.29, 1.82) is 5.41 Å². The van der Waals surface area contributed by atoms with Gasteiger partial charge in [-0.2, -0.15) is 0 Å². The van der Waals surface area contributed by atoms with Crippen LogP contribution in [0.5, 0.6) is 5.75 Å². The highest BCUT2D eigenvalue weighted by Crippen LogP contribution is 2.17. The lowest BCUT2D eigenvalue weighted by Crippen LogP contribution is -2.40. The Labute approximate surface area is 214 Å². The van der Waals surface area contributed by atoms with E-state index in [2.05, 4.69) is 25.6 Å². The highest BCUT2D eigenvalue weighted by atomic mass is 16.5. The van der Waals surface area contributed by atoms with Crippen molar-refractivity contribution < 1.29 is 29.0 Å². The number of esters is 1. The molecule has 200 valence electrons. The van der Waals surface area contributed by atoms with Crippen LogP contribution < -0.4 is 26.8 Å². The lowest BCUT2D eigenvalue weighted by Gasteiger charge is -2.12. The summed E-state index contributed by atoms with van der Waals surface area (Å²) in [6.45, 7) is 0.542. The molecule has 0 aliphatic carbocycles. The molecule has 13 heteroatoms. The van der Waals surface area contributed by atoms with Gasteiger partial charge in [0.2, 0.25) is 0 Å². The third-order valence-electron chi connectivity index (χ3n) is 4.72. The van der Waals surface area contributed by atoms with Gasteiger partial charge in [0.1, 0.15) is 17.8 Å². The first kappa shape index (κ1) is 30.5. The van der Waals surface area contributed by atoms with E-state index < -0.39 is 30.1 Å². The Hall–Kier alpha value is -4.52. The van der Waals surface area contributed by atoms with Crippen LogP contribution in [0.1, 0.15) is 18.4 Å². The van der Waals surface area contributed by atoms with E-state index in [1.165, 1.54) is 7.11 Å². The first-order valence-electron chi connectivity index (χ1n) is 11.2. The number of nitrogens with zero attached hydrogens (tertiary/aromatic N) is 2. The number of carboxylic acids is 1. The Morgan fingerprint density at radius 3 is 2.27 bits per heavy atom. The Balaban J connectivity index is 0.000000448. The molecule has 2 aromatic rings. The maximum absolute atomic E-state index is 11.8. The number of nitrogens with one attached hydrogen (secondary N) is 3. The van der Waals surface area contributed by atoms with Crippen LogP contribution in [0, 0.1) is 5.41 Å². The summed E-state index contributed by atoms with van der Waals surface area (Å²) in [5, 5.41) is 28.3. The second kappa shape index (κ2) is 17.0. The second-order valence-corrected chi connectivity index (χ2v) is 7.54. The standard InChI is InChI=1S/C17H17N3O4.C7H16N4O2/c1-24-14-9-7-13(8-10-14)19-20-17(23)18-15(16(21)22)11-12-5-3-2-4-6-12;1-13-6(12)5(8)3-2-4-11-7(9)10/h2-10,15H,11H2,1H3,(H,18,23)(H,21,22);5H,2-4,8H2,1H3,(H4,9,10,11)/b20-19+;/t15-;/m0./s1. The summed E-state index contributed by atoms with van der Waals surface area (Å²) in [7, 11) is 2.85. The number of rotatable bonds is 11. The van der Waals surface area contributed by atoms with Crippen molar-refractivity contribution in [1.82, 2.24) is 10.6 Å². The number of guanidine groups is 1. The van der Waals surface area contributed by atoms with Crippen LogP contribution in [0.25, 0.3) is 0 Å². The number of urea groups is 1. The normalized spacial score (nSPS) is 11.9. The predicted molar refractivity (Wildman–Crippen MR) is 137 cm³/mol. The molecular formula is C24H33N7O6.